The van der Waals surface area contributed by atoms with Gasteiger partial charge in [0.2, 0.25) is 5.91 Å². The van der Waals surface area contributed by atoms with Crippen molar-refractivity contribution in [2.24, 2.45) is 0 Å². The van der Waals surface area contributed by atoms with E-state index in [2.05, 4.69) is 5.32 Å². The zero-order chi connectivity index (χ0) is 20.4. The first-order valence-corrected chi connectivity index (χ1v) is 10.2. The highest BCUT2D eigenvalue weighted by molar-refractivity contribution is 8.00. The van der Waals surface area contributed by atoms with Crippen LogP contribution in [0.25, 0.3) is 0 Å². The molecule has 1 saturated heterocycles. The summed E-state index contributed by atoms with van der Waals surface area (Å²) in [6.07, 6.45) is 0. The zero-order valence-corrected chi connectivity index (χ0v) is 16.6. The topological polar surface area (TPSA) is 49.4 Å². The molecule has 29 heavy (non-hydrogen) atoms. The van der Waals surface area contributed by atoms with Gasteiger partial charge in [0.25, 0.3) is 5.91 Å². The molecule has 3 aromatic carbocycles. The van der Waals surface area contributed by atoms with Gasteiger partial charge in [-0.3, -0.25) is 14.5 Å². The second kappa shape index (κ2) is 8.09. The number of hydrogen-bond donors (Lipinski definition) is 1. The van der Waals surface area contributed by atoms with E-state index in [0.717, 1.165) is 16.8 Å². The number of amides is 2. The number of halogens is 1. The van der Waals surface area contributed by atoms with Gasteiger partial charge in [0, 0.05) is 16.9 Å². The molecule has 1 N–H and O–H groups in total. The number of thioether (sulfide) groups is 1. The molecule has 146 valence electrons. The smallest absolute Gasteiger partial charge is 0.255 e. The molecule has 1 aliphatic heterocycles. The normalized spacial score (nSPS) is 16.1. The van der Waals surface area contributed by atoms with Crippen LogP contribution in [-0.2, 0) is 4.79 Å². The van der Waals surface area contributed by atoms with Crippen LogP contribution in [0.3, 0.4) is 0 Å². The Hall–Kier alpha value is -3.12. The second-order valence-electron chi connectivity index (χ2n) is 6.85. The van der Waals surface area contributed by atoms with Gasteiger partial charge in [-0.05, 0) is 66.6 Å². The number of hydrogen-bond acceptors (Lipinski definition) is 3. The number of rotatable bonds is 4. The molecule has 3 aromatic rings. The summed E-state index contributed by atoms with van der Waals surface area (Å²) in [4.78, 5) is 26.8. The molecular formula is C23H19FN2O2S. The van der Waals surface area contributed by atoms with Gasteiger partial charge in [-0.25, -0.2) is 4.39 Å². The summed E-state index contributed by atoms with van der Waals surface area (Å²) in [5.74, 6) is -0.230. The number of anilines is 2. The summed E-state index contributed by atoms with van der Waals surface area (Å²) in [6.45, 7) is 2.00. The Morgan fingerprint density at radius 2 is 1.83 bits per heavy atom. The third kappa shape index (κ3) is 4.17. The standard InChI is InChI=1S/C23H19FN2O2S/c1-15-4-2-7-20(12-15)26-21(27)14-29-23(26)17-5-3-6-19(13-17)25-22(28)16-8-10-18(24)11-9-16/h2-13,23H,14H2,1H3,(H,25,28). The molecule has 1 aliphatic rings. The van der Waals surface area contributed by atoms with Crippen molar-refractivity contribution in [3.8, 4) is 0 Å². The van der Waals surface area contributed by atoms with Crippen molar-refractivity contribution in [3.05, 3.63) is 95.3 Å². The van der Waals surface area contributed by atoms with Crippen molar-refractivity contribution < 1.29 is 14.0 Å². The van der Waals surface area contributed by atoms with Crippen molar-refractivity contribution >= 4 is 35.0 Å². The van der Waals surface area contributed by atoms with Crippen LogP contribution in [0.4, 0.5) is 15.8 Å². The molecule has 0 aliphatic carbocycles. The molecule has 1 unspecified atom stereocenters. The molecule has 0 radical (unpaired) electrons. The quantitative estimate of drug-likeness (QED) is 0.651. The van der Waals surface area contributed by atoms with E-state index in [1.165, 1.54) is 24.3 Å². The van der Waals surface area contributed by atoms with Crippen LogP contribution in [-0.4, -0.2) is 17.6 Å². The summed E-state index contributed by atoms with van der Waals surface area (Å²) in [5.41, 5.74) is 3.89. The summed E-state index contributed by atoms with van der Waals surface area (Å²) >= 11 is 1.56. The molecular weight excluding hydrogens is 387 g/mol. The molecule has 1 heterocycles. The summed E-state index contributed by atoms with van der Waals surface area (Å²) in [7, 11) is 0. The first-order chi connectivity index (χ1) is 14.0. The van der Waals surface area contributed by atoms with E-state index in [1.54, 1.807) is 22.7 Å². The van der Waals surface area contributed by atoms with Crippen molar-refractivity contribution in [3.63, 3.8) is 0 Å². The van der Waals surface area contributed by atoms with E-state index in [9.17, 15) is 14.0 Å². The van der Waals surface area contributed by atoms with Crippen molar-refractivity contribution in [2.45, 2.75) is 12.3 Å². The Morgan fingerprint density at radius 1 is 1.07 bits per heavy atom. The molecule has 2 amide bonds. The molecule has 1 atom stereocenters. The van der Waals surface area contributed by atoms with Crippen molar-refractivity contribution in [2.75, 3.05) is 16.0 Å². The minimum atomic E-state index is -0.386. The number of aryl methyl sites for hydroxylation is 1. The Morgan fingerprint density at radius 3 is 2.59 bits per heavy atom. The number of carbonyl (C=O) groups is 2. The van der Waals surface area contributed by atoms with Crippen LogP contribution >= 0.6 is 11.8 Å². The summed E-state index contributed by atoms with van der Waals surface area (Å²) in [6, 6.07) is 20.7. The average molecular weight is 406 g/mol. The van der Waals surface area contributed by atoms with Crippen LogP contribution in [0.15, 0.2) is 72.8 Å². The monoisotopic (exact) mass is 406 g/mol. The SMILES string of the molecule is Cc1cccc(N2C(=O)CSC2c2cccc(NC(=O)c3ccc(F)cc3)c2)c1. The first-order valence-electron chi connectivity index (χ1n) is 9.18. The number of carbonyl (C=O) groups excluding carboxylic acids is 2. The number of nitrogens with one attached hydrogen (secondary N) is 1. The lowest BCUT2D eigenvalue weighted by molar-refractivity contribution is -0.115. The van der Waals surface area contributed by atoms with Crippen LogP contribution in [0.1, 0.15) is 26.9 Å². The molecule has 1 fully saturated rings. The highest BCUT2D eigenvalue weighted by Gasteiger charge is 2.34. The summed E-state index contributed by atoms with van der Waals surface area (Å²) < 4.78 is 13.1. The number of nitrogens with zero attached hydrogens (tertiary/aromatic N) is 1. The molecule has 0 bridgehead atoms. The summed E-state index contributed by atoms with van der Waals surface area (Å²) in [5, 5.41) is 2.68. The Bertz CT molecular complexity index is 1070. The van der Waals surface area contributed by atoms with Crippen LogP contribution in [0, 0.1) is 12.7 Å². The Kier molecular flexibility index (Phi) is 5.36. The van der Waals surface area contributed by atoms with Crippen molar-refractivity contribution in [1.82, 2.24) is 0 Å². The molecule has 4 rings (SSSR count). The van der Waals surface area contributed by atoms with Crippen LogP contribution in [0.2, 0.25) is 0 Å². The fourth-order valence-corrected chi connectivity index (χ4v) is 4.47. The number of benzene rings is 3. The Balaban J connectivity index is 1.58. The third-order valence-electron chi connectivity index (χ3n) is 4.68. The van der Waals surface area contributed by atoms with Crippen LogP contribution < -0.4 is 10.2 Å². The van der Waals surface area contributed by atoms with E-state index in [1.807, 2.05) is 49.4 Å². The fraction of sp³-hybridized carbons (Fsp3) is 0.130. The van der Waals surface area contributed by atoms with E-state index < -0.39 is 0 Å². The maximum Gasteiger partial charge on any atom is 0.255 e. The van der Waals surface area contributed by atoms with Crippen LogP contribution in [0.5, 0.6) is 0 Å². The highest BCUT2D eigenvalue weighted by atomic mass is 32.2. The molecule has 0 aromatic heterocycles. The van der Waals surface area contributed by atoms with Gasteiger partial charge in [0.1, 0.15) is 11.2 Å². The van der Waals surface area contributed by atoms with Gasteiger partial charge < -0.3 is 5.32 Å². The minimum absolute atomic E-state index is 0.0614. The van der Waals surface area contributed by atoms with E-state index in [-0.39, 0.29) is 23.0 Å². The van der Waals surface area contributed by atoms with Gasteiger partial charge in [0.05, 0.1) is 5.75 Å². The average Bonchev–Trinajstić information content (AvgIpc) is 3.10. The molecule has 6 heteroatoms. The van der Waals surface area contributed by atoms with E-state index in [4.69, 9.17) is 0 Å². The van der Waals surface area contributed by atoms with Gasteiger partial charge >= 0.3 is 0 Å². The van der Waals surface area contributed by atoms with Crippen molar-refractivity contribution in [1.29, 1.82) is 0 Å². The molecule has 4 nitrogen and oxygen atoms in total. The molecule has 0 spiro atoms. The second-order valence-corrected chi connectivity index (χ2v) is 7.92. The third-order valence-corrected chi connectivity index (χ3v) is 5.90. The van der Waals surface area contributed by atoms with Gasteiger partial charge in [0.15, 0.2) is 0 Å². The van der Waals surface area contributed by atoms with E-state index >= 15 is 0 Å². The fourth-order valence-electron chi connectivity index (χ4n) is 3.30. The maximum atomic E-state index is 13.1. The predicted molar refractivity (Wildman–Crippen MR) is 115 cm³/mol. The van der Waals surface area contributed by atoms with Gasteiger partial charge in [-0.15, -0.1) is 11.8 Å². The molecule has 0 saturated carbocycles. The van der Waals surface area contributed by atoms with Gasteiger partial charge in [-0.2, -0.15) is 0 Å². The first kappa shape index (κ1) is 19.2. The lowest BCUT2D eigenvalue weighted by Crippen LogP contribution is -2.27. The lowest BCUT2D eigenvalue weighted by atomic mass is 10.1. The highest BCUT2D eigenvalue weighted by Crippen LogP contribution is 2.42. The Labute approximate surface area is 172 Å². The maximum absolute atomic E-state index is 13.1. The van der Waals surface area contributed by atoms with E-state index in [0.29, 0.717) is 17.0 Å². The minimum Gasteiger partial charge on any atom is -0.322 e. The lowest BCUT2D eigenvalue weighted by Gasteiger charge is -2.25. The largest absolute Gasteiger partial charge is 0.322 e. The zero-order valence-electron chi connectivity index (χ0n) is 15.8. The predicted octanol–water partition coefficient (Wildman–Crippen LogP) is 5.17. The van der Waals surface area contributed by atoms with Gasteiger partial charge in [-0.1, -0.05) is 24.3 Å².